The Labute approximate surface area is 161 Å². The smallest absolute Gasteiger partial charge is 0.222 e. The summed E-state index contributed by atoms with van der Waals surface area (Å²) in [5, 5.41) is 6.91. The molecule has 3 aliphatic rings. The van der Waals surface area contributed by atoms with E-state index >= 15 is 0 Å². The Bertz CT molecular complexity index is 705. The number of guanidine groups is 1. The molecule has 0 aliphatic carbocycles. The molecule has 1 amide bonds. The van der Waals surface area contributed by atoms with Crippen molar-refractivity contribution in [3.8, 4) is 0 Å². The number of ether oxygens (including phenoxy) is 1. The zero-order chi connectivity index (χ0) is 18.6. The largest absolute Gasteiger partial charge is 0.373 e. The molecule has 0 aromatic heterocycles. The van der Waals surface area contributed by atoms with Crippen LogP contribution in [0.5, 0.6) is 0 Å². The molecule has 1 aromatic carbocycles. The SMILES string of the molecule is CCNC(=NCc1cccc(CN2CCCC2=O)c1)NC1CC2CCC1O2. The van der Waals surface area contributed by atoms with Crippen LogP contribution >= 0.6 is 0 Å². The normalized spacial score (nSPS) is 27.4. The van der Waals surface area contributed by atoms with Gasteiger partial charge in [-0.3, -0.25) is 4.79 Å². The van der Waals surface area contributed by atoms with Gasteiger partial charge < -0.3 is 20.3 Å². The third-order valence-corrected chi connectivity index (χ3v) is 5.73. The van der Waals surface area contributed by atoms with Gasteiger partial charge in [0.2, 0.25) is 5.91 Å². The third kappa shape index (κ3) is 4.43. The van der Waals surface area contributed by atoms with E-state index in [2.05, 4.69) is 41.8 Å². The zero-order valence-corrected chi connectivity index (χ0v) is 16.1. The Morgan fingerprint density at radius 3 is 2.93 bits per heavy atom. The van der Waals surface area contributed by atoms with E-state index in [1.165, 1.54) is 17.5 Å². The highest BCUT2D eigenvalue weighted by Gasteiger charge is 2.41. The lowest BCUT2D eigenvalue weighted by Crippen LogP contribution is -2.47. The van der Waals surface area contributed by atoms with Gasteiger partial charge in [-0.25, -0.2) is 4.99 Å². The number of rotatable bonds is 6. The van der Waals surface area contributed by atoms with Crippen molar-refractivity contribution < 1.29 is 9.53 Å². The number of nitrogens with one attached hydrogen (secondary N) is 2. The average Bonchev–Trinajstić information content (AvgIpc) is 3.38. The summed E-state index contributed by atoms with van der Waals surface area (Å²) >= 11 is 0. The second-order valence-electron chi connectivity index (χ2n) is 7.79. The number of nitrogens with zero attached hydrogens (tertiary/aromatic N) is 2. The number of aliphatic imine (C=N–C) groups is 1. The van der Waals surface area contributed by atoms with Crippen LogP contribution in [-0.4, -0.2) is 48.1 Å². The van der Waals surface area contributed by atoms with Gasteiger partial charge in [-0.15, -0.1) is 0 Å². The topological polar surface area (TPSA) is 66.0 Å². The molecule has 4 rings (SSSR count). The minimum Gasteiger partial charge on any atom is -0.373 e. The molecule has 3 unspecified atom stereocenters. The molecule has 3 atom stereocenters. The van der Waals surface area contributed by atoms with E-state index < -0.39 is 0 Å². The number of hydrogen-bond acceptors (Lipinski definition) is 3. The minimum atomic E-state index is 0.269. The molecule has 3 aliphatic heterocycles. The number of carbonyl (C=O) groups is 1. The number of carbonyl (C=O) groups excluding carboxylic acids is 1. The molecule has 146 valence electrons. The van der Waals surface area contributed by atoms with E-state index in [4.69, 9.17) is 9.73 Å². The van der Waals surface area contributed by atoms with E-state index in [1.807, 2.05) is 4.90 Å². The van der Waals surface area contributed by atoms with Crippen LogP contribution in [0.4, 0.5) is 0 Å². The lowest BCUT2D eigenvalue weighted by Gasteiger charge is -2.22. The Morgan fingerprint density at radius 2 is 2.22 bits per heavy atom. The van der Waals surface area contributed by atoms with Crippen molar-refractivity contribution in [2.45, 2.75) is 70.4 Å². The molecule has 3 heterocycles. The van der Waals surface area contributed by atoms with Crippen LogP contribution < -0.4 is 10.6 Å². The van der Waals surface area contributed by atoms with Crippen molar-refractivity contribution in [2.24, 2.45) is 4.99 Å². The summed E-state index contributed by atoms with van der Waals surface area (Å²) in [6, 6.07) is 8.79. The highest BCUT2D eigenvalue weighted by atomic mass is 16.5. The second-order valence-corrected chi connectivity index (χ2v) is 7.79. The first-order valence-corrected chi connectivity index (χ1v) is 10.3. The summed E-state index contributed by atoms with van der Waals surface area (Å²) in [6.07, 6.45) is 5.86. The summed E-state index contributed by atoms with van der Waals surface area (Å²) in [4.78, 5) is 18.6. The highest BCUT2D eigenvalue weighted by Crippen LogP contribution is 2.34. The van der Waals surface area contributed by atoms with E-state index in [0.717, 1.165) is 38.3 Å². The minimum absolute atomic E-state index is 0.269. The molecule has 2 N–H and O–H groups in total. The fourth-order valence-electron chi connectivity index (χ4n) is 4.37. The monoisotopic (exact) mass is 370 g/mol. The maximum atomic E-state index is 11.8. The molecule has 0 radical (unpaired) electrons. The fraction of sp³-hybridized carbons (Fsp3) is 0.619. The number of amides is 1. The first kappa shape index (κ1) is 18.3. The predicted molar refractivity (Wildman–Crippen MR) is 105 cm³/mol. The van der Waals surface area contributed by atoms with E-state index in [-0.39, 0.29) is 5.91 Å². The van der Waals surface area contributed by atoms with Gasteiger partial charge >= 0.3 is 0 Å². The molecule has 6 nitrogen and oxygen atoms in total. The molecular formula is C21H30N4O2. The van der Waals surface area contributed by atoms with Crippen molar-refractivity contribution in [1.82, 2.24) is 15.5 Å². The molecule has 27 heavy (non-hydrogen) atoms. The van der Waals surface area contributed by atoms with Crippen molar-refractivity contribution in [3.05, 3.63) is 35.4 Å². The molecular weight excluding hydrogens is 340 g/mol. The Balaban J connectivity index is 1.37. The van der Waals surface area contributed by atoms with Gasteiger partial charge in [0.05, 0.1) is 24.8 Å². The van der Waals surface area contributed by atoms with Crippen LogP contribution in [0.3, 0.4) is 0 Å². The molecule has 3 fully saturated rings. The first-order valence-electron chi connectivity index (χ1n) is 10.3. The van der Waals surface area contributed by atoms with E-state index in [0.29, 0.717) is 37.8 Å². The summed E-state index contributed by atoms with van der Waals surface area (Å²) in [7, 11) is 0. The van der Waals surface area contributed by atoms with Crippen LogP contribution in [0.2, 0.25) is 0 Å². The summed E-state index contributed by atoms with van der Waals surface area (Å²) in [6.45, 7) is 5.13. The van der Waals surface area contributed by atoms with Crippen molar-refractivity contribution in [3.63, 3.8) is 0 Å². The molecule has 0 spiro atoms. The van der Waals surface area contributed by atoms with Crippen LogP contribution in [-0.2, 0) is 22.6 Å². The number of hydrogen-bond donors (Lipinski definition) is 2. The van der Waals surface area contributed by atoms with Crippen molar-refractivity contribution in [2.75, 3.05) is 13.1 Å². The van der Waals surface area contributed by atoms with Gasteiger partial charge in [0.15, 0.2) is 5.96 Å². The maximum absolute atomic E-state index is 11.8. The highest BCUT2D eigenvalue weighted by molar-refractivity contribution is 5.80. The van der Waals surface area contributed by atoms with E-state index in [1.54, 1.807) is 0 Å². The predicted octanol–water partition coefficient (Wildman–Crippen LogP) is 2.18. The van der Waals surface area contributed by atoms with Crippen LogP contribution in [0, 0.1) is 0 Å². The van der Waals surface area contributed by atoms with Crippen LogP contribution in [0.1, 0.15) is 50.2 Å². The summed E-state index contributed by atoms with van der Waals surface area (Å²) in [5.74, 6) is 1.13. The van der Waals surface area contributed by atoms with Gasteiger partial charge in [0.1, 0.15) is 0 Å². The average molecular weight is 370 g/mol. The van der Waals surface area contributed by atoms with Gasteiger partial charge in [0.25, 0.3) is 0 Å². The van der Waals surface area contributed by atoms with Gasteiger partial charge in [-0.1, -0.05) is 24.3 Å². The third-order valence-electron chi connectivity index (χ3n) is 5.73. The summed E-state index contributed by atoms with van der Waals surface area (Å²) in [5.41, 5.74) is 2.35. The van der Waals surface area contributed by atoms with E-state index in [9.17, 15) is 4.79 Å². The Hall–Kier alpha value is -2.08. The quantitative estimate of drug-likeness (QED) is 0.595. The lowest BCUT2D eigenvalue weighted by atomic mass is 9.96. The number of fused-ring (bicyclic) bond motifs is 2. The van der Waals surface area contributed by atoms with Crippen molar-refractivity contribution in [1.29, 1.82) is 0 Å². The molecule has 3 saturated heterocycles. The zero-order valence-electron chi connectivity index (χ0n) is 16.1. The van der Waals surface area contributed by atoms with Crippen molar-refractivity contribution >= 4 is 11.9 Å². The van der Waals surface area contributed by atoms with Gasteiger partial charge in [0, 0.05) is 26.1 Å². The fourth-order valence-corrected chi connectivity index (χ4v) is 4.37. The summed E-state index contributed by atoms with van der Waals surface area (Å²) < 4.78 is 5.94. The number of benzene rings is 1. The first-order chi connectivity index (χ1) is 13.2. The Kier molecular flexibility index (Phi) is 5.62. The number of likely N-dealkylation sites (tertiary alicyclic amines) is 1. The Morgan fingerprint density at radius 1 is 1.33 bits per heavy atom. The maximum Gasteiger partial charge on any atom is 0.222 e. The molecule has 1 aromatic rings. The standard InChI is InChI=1S/C21H30N4O2/c1-2-22-21(24-18-12-17-8-9-19(18)27-17)23-13-15-5-3-6-16(11-15)14-25-10-4-7-20(25)26/h3,5-6,11,17-19H,2,4,7-10,12-14H2,1H3,(H2,22,23,24). The second kappa shape index (κ2) is 8.30. The van der Waals surface area contributed by atoms with Crippen LogP contribution in [0.25, 0.3) is 0 Å². The molecule has 6 heteroatoms. The molecule has 2 bridgehead atoms. The van der Waals surface area contributed by atoms with Gasteiger partial charge in [-0.2, -0.15) is 0 Å². The molecule has 0 saturated carbocycles. The van der Waals surface area contributed by atoms with Gasteiger partial charge in [-0.05, 0) is 43.7 Å². The van der Waals surface area contributed by atoms with Crippen LogP contribution in [0.15, 0.2) is 29.3 Å². The lowest BCUT2D eigenvalue weighted by molar-refractivity contribution is -0.128.